The molecule has 0 saturated heterocycles. The van der Waals surface area contributed by atoms with Crippen LogP contribution in [-0.2, 0) is 23.7 Å². The predicted molar refractivity (Wildman–Crippen MR) is 154 cm³/mol. The van der Waals surface area contributed by atoms with Crippen molar-refractivity contribution in [2.75, 3.05) is 13.2 Å². The second-order valence-electron chi connectivity index (χ2n) is 10.7. The summed E-state index contributed by atoms with van der Waals surface area (Å²) in [6.45, 7) is 13.2. The van der Waals surface area contributed by atoms with Gasteiger partial charge >= 0.3 is 24.4 Å². The molecule has 0 spiro atoms. The minimum atomic E-state index is -1.41. The minimum absolute atomic E-state index is 0.000220. The molecule has 42 heavy (non-hydrogen) atoms. The van der Waals surface area contributed by atoms with Gasteiger partial charge in [0.1, 0.15) is 18.2 Å². The molecule has 0 aromatic heterocycles. The summed E-state index contributed by atoms with van der Waals surface area (Å²) in [6.07, 6.45) is -0.974. The van der Waals surface area contributed by atoms with E-state index in [1.807, 2.05) is 34.6 Å². The average molecular weight is 598 g/mol. The number of nitrogens with two attached hydrogens (primary N) is 1. The molecule has 0 saturated carbocycles. The summed E-state index contributed by atoms with van der Waals surface area (Å²) in [5.41, 5.74) is 6.36. The van der Waals surface area contributed by atoms with Crippen molar-refractivity contribution in [3.63, 3.8) is 0 Å². The first-order valence-corrected chi connectivity index (χ1v) is 14.5. The summed E-state index contributed by atoms with van der Waals surface area (Å²) in [6, 6.07) is 2.74. The van der Waals surface area contributed by atoms with Gasteiger partial charge in [0.2, 0.25) is 0 Å². The number of carboxylic acid groups (broad SMARTS) is 1. The third-order valence-corrected chi connectivity index (χ3v) is 6.74. The van der Waals surface area contributed by atoms with Crippen molar-refractivity contribution in [2.45, 2.75) is 105 Å². The zero-order valence-electron chi connectivity index (χ0n) is 25.8. The Kier molecular flexibility index (Phi) is 16.3. The Hall–Kier alpha value is -3.54. The fraction of sp³-hybridized carbons (Fsp3) is 0.667. The quantitative estimate of drug-likeness (QED) is 0.115. The number of carbonyl (C=O) groups excluding carboxylic acids is 3. The fourth-order valence-electron chi connectivity index (χ4n) is 3.70. The number of rotatable bonds is 17. The summed E-state index contributed by atoms with van der Waals surface area (Å²) in [4.78, 5) is 48.9. The molecule has 0 bridgehead atoms. The zero-order valence-corrected chi connectivity index (χ0v) is 25.8. The number of carboxylic acids is 1. The van der Waals surface area contributed by atoms with Crippen molar-refractivity contribution < 1.29 is 52.7 Å². The van der Waals surface area contributed by atoms with Crippen LogP contribution in [0.4, 0.5) is 14.4 Å². The Morgan fingerprint density at radius 1 is 0.786 bits per heavy atom. The number of ether oxygens (including phenoxy) is 6. The van der Waals surface area contributed by atoms with Gasteiger partial charge in [-0.05, 0) is 56.2 Å². The van der Waals surface area contributed by atoms with Crippen LogP contribution in [-0.4, -0.2) is 61.0 Å². The summed E-state index contributed by atoms with van der Waals surface area (Å²) < 4.78 is 31.5. The summed E-state index contributed by atoms with van der Waals surface area (Å²) in [5, 5.41) is 9.70. The first-order valence-electron chi connectivity index (χ1n) is 14.5. The smallest absolute Gasteiger partial charge is 0.480 e. The highest BCUT2D eigenvalue weighted by molar-refractivity contribution is 5.75. The largest absolute Gasteiger partial charge is 0.513 e. The lowest BCUT2D eigenvalue weighted by atomic mass is 9.87. The standard InChI is InChI=1S/C30H47NO11/c1-8-11-20(6)39-30(36)40-21(7)14-23(26(31)27(32)33)22-12-13-24(41-28(34)37-16-18(4)9-2)25(15-22)42-29(35)38-17-19(5)10-3/h12-13,15,18-21,23,26H,8-11,14,16-17,31H2,1-7H3,(H,32,33)/t18?,19?,20?,21?,23?,26-/m0/s1. The maximum Gasteiger partial charge on any atom is 0.513 e. The molecule has 1 aromatic carbocycles. The first kappa shape index (κ1) is 36.5. The summed E-state index contributed by atoms with van der Waals surface area (Å²) in [7, 11) is 0. The van der Waals surface area contributed by atoms with Gasteiger partial charge in [-0.3, -0.25) is 4.79 Å². The van der Waals surface area contributed by atoms with Gasteiger partial charge in [0, 0.05) is 5.92 Å². The molecule has 0 aliphatic rings. The van der Waals surface area contributed by atoms with Gasteiger partial charge in [0.25, 0.3) is 0 Å². The van der Waals surface area contributed by atoms with E-state index in [1.165, 1.54) is 18.2 Å². The topological polar surface area (TPSA) is 170 Å². The Balaban J connectivity index is 3.26. The highest BCUT2D eigenvalue weighted by Crippen LogP contribution is 2.35. The van der Waals surface area contributed by atoms with E-state index in [0.717, 1.165) is 19.3 Å². The molecular weight excluding hydrogens is 550 g/mol. The normalized spacial score (nSPS) is 15.2. The number of aliphatic carboxylic acids is 1. The van der Waals surface area contributed by atoms with Crippen LogP contribution in [0.2, 0.25) is 0 Å². The molecule has 6 atom stereocenters. The number of hydrogen-bond acceptors (Lipinski definition) is 11. The maximum absolute atomic E-state index is 12.5. The molecule has 0 aliphatic carbocycles. The van der Waals surface area contributed by atoms with E-state index in [2.05, 4.69) is 0 Å². The molecule has 12 heteroatoms. The average Bonchev–Trinajstić information content (AvgIpc) is 2.93. The van der Waals surface area contributed by atoms with E-state index in [1.54, 1.807) is 13.8 Å². The van der Waals surface area contributed by atoms with E-state index >= 15 is 0 Å². The van der Waals surface area contributed by atoms with E-state index in [-0.39, 0.29) is 49.1 Å². The van der Waals surface area contributed by atoms with Gasteiger partial charge in [-0.2, -0.15) is 0 Å². The lowest BCUT2D eigenvalue weighted by molar-refractivity contribution is -0.139. The SMILES string of the molecule is CCCC(C)OC(=O)OC(C)CC(c1ccc(OC(=O)OCC(C)CC)c(OC(=O)OCC(C)CC)c1)[C@H](N)C(=O)O. The molecule has 12 nitrogen and oxygen atoms in total. The lowest BCUT2D eigenvalue weighted by Crippen LogP contribution is -2.38. The molecule has 5 unspecified atom stereocenters. The van der Waals surface area contributed by atoms with Crippen molar-refractivity contribution in [2.24, 2.45) is 17.6 Å². The third kappa shape index (κ3) is 13.4. The number of carbonyl (C=O) groups is 4. The molecule has 1 aromatic rings. The Labute approximate surface area is 248 Å². The Morgan fingerprint density at radius 2 is 1.31 bits per heavy atom. The van der Waals surface area contributed by atoms with Gasteiger partial charge in [-0.1, -0.05) is 59.9 Å². The van der Waals surface area contributed by atoms with Crippen LogP contribution in [0.5, 0.6) is 11.5 Å². The summed E-state index contributed by atoms with van der Waals surface area (Å²) >= 11 is 0. The van der Waals surface area contributed by atoms with Crippen molar-refractivity contribution in [1.29, 1.82) is 0 Å². The predicted octanol–water partition coefficient (Wildman–Crippen LogP) is 6.43. The van der Waals surface area contributed by atoms with Gasteiger partial charge in [0.05, 0.1) is 13.2 Å². The molecule has 0 heterocycles. The second-order valence-corrected chi connectivity index (χ2v) is 10.7. The number of benzene rings is 1. The first-order chi connectivity index (χ1) is 19.8. The fourth-order valence-corrected chi connectivity index (χ4v) is 3.70. The highest BCUT2D eigenvalue weighted by atomic mass is 16.7. The van der Waals surface area contributed by atoms with E-state index in [0.29, 0.717) is 12.0 Å². The molecule has 1 rings (SSSR count). The molecule has 0 amide bonds. The molecule has 0 aliphatic heterocycles. The molecule has 238 valence electrons. The monoisotopic (exact) mass is 597 g/mol. The summed E-state index contributed by atoms with van der Waals surface area (Å²) in [5.74, 6) is -2.34. The van der Waals surface area contributed by atoms with Crippen LogP contribution in [0.1, 0.15) is 92.1 Å². The van der Waals surface area contributed by atoms with Crippen molar-refractivity contribution in [3.05, 3.63) is 23.8 Å². The lowest BCUT2D eigenvalue weighted by Gasteiger charge is -2.25. The molecule has 0 radical (unpaired) electrons. The van der Waals surface area contributed by atoms with Crippen molar-refractivity contribution in [3.8, 4) is 11.5 Å². The van der Waals surface area contributed by atoms with Crippen LogP contribution in [0, 0.1) is 11.8 Å². The maximum atomic E-state index is 12.5. The Morgan fingerprint density at radius 3 is 1.81 bits per heavy atom. The number of hydrogen-bond donors (Lipinski definition) is 2. The van der Waals surface area contributed by atoms with Crippen LogP contribution in [0.15, 0.2) is 18.2 Å². The third-order valence-electron chi connectivity index (χ3n) is 6.74. The van der Waals surface area contributed by atoms with Gasteiger partial charge < -0.3 is 39.3 Å². The van der Waals surface area contributed by atoms with E-state index < -0.39 is 42.5 Å². The Bertz CT molecular complexity index is 1010. The van der Waals surface area contributed by atoms with Crippen LogP contribution >= 0.6 is 0 Å². The van der Waals surface area contributed by atoms with Crippen molar-refractivity contribution >= 4 is 24.4 Å². The van der Waals surface area contributed by atoms with Crippen LogP contribution in [0.3, 0.4) is 0 Å². The zero-order chi connectivity index (χ0) is 31.8. The van der Waals surface area contributed by atoms with Gasteiger partial charge in [-0.15, -0.1) is 0 Å². The van der Waals surface area contributed by atoms with Gasteiger partial charge in [0.15, 0.2) is 11.5 Å². The van der Waals surface area contributed by atoms with Gasteiger partial charge in [-0.25, -0.2) is 14.4 Å². The molecule has 0 fully saturated rings. The van der Waals surface area contributed by atoms with E-state index in [9.17, 15) is 24.3 Å². The van der Waals surface area contributed by atoms with Crippen molar-refractivity contribution in [1.82, 2.24) is 0 Å². The molecular formula is C30H47NO11. The van der Waals surface area contributed by atoms with E-state index in [4.69, 9.17) is 34.2 Å². The molecule has 3 N–H and O–H groups in total. The second kappa shape index (κ2) is 18.8. The van der Waals surface area contributed by atoms with Crippen LogP contribution in [0.25, 0.3) is 0 Å². The minimum Gasteiger partial charge on any atom is -0.480 e. The van der Waals surface area contributed by atoms with Crippen LogP contribution < -0.4 is 15.2 Å². The highest BCUT2D eigenvalue weighted by Gasteiger charge is 2.31.